The van der Waals surface area contributed by atoms with Crippen LogP contribution >= 0.6 is 0 Å². The van der Waals surface area contributed by atoms with Crippen LogP contribution in [0.25, 0.3) is 21.8 Å². The first-order valence-corrected chi connectivity index (χ1v) is 14.4. The standard InChI is InChI=1S/C33H40N4O5/c1-33(2,3)19-26(38)36-17-15-22(16-18-36)34-31(39)29-30(42-6)27-28(35(29)4)24-9-7-8-10-25(24)37(32(27)40)20-21-11-13-23(41-5)14-12-21/h7-14,22H,15-20H2,1-6H3,(H,34,39). The number of likely N-dealkylation sites (tertiary alicyclic amines) is 1. The quantitative estimate of drug-likeness (QED) is 0.346. The fourth-order valence-corrected chi connectivity index (χ4v) is 5.94. The summed E-state index contributed by atoms with van der Waals surface area (Å²) in [6.45, 7) is 7.75. The Morgan fingerprint density at radius 1 is 0.976 bits per heavy atom. The number of hydrogen-bond donors (Lipinski definition) is 1. The van der Waals surface area contributed by atoms with E-state index >= 15 is 0 Å². The van der Waals surface area contributed by atoms with Gasteiger partial charge in [-0.1, -0.05) is 51.1 Å². The molecule has 1 fully saturated rings. The highest BCUT2D eigenvalue weighted by Gasteiger charge is 2.31. The van der Waals surface area contributed by atoms with Crippen molar-refractivity contribution in [3.8, 4) is 11.5 Å². The van der Waals surface area contributed by atoms with Crippen LogP contribution in [0.4, 0.5) is 0 Å². The molecule has 2 aromatic heterocycles. The summed E-state index contributed by atoms with van der Waals surface area (Å²) in [6, 6.07) is 15.3. The van der Waals surface area contributed by atoms with Gasteiger partial charge in [0.05, 0.1) is 31.8 Å². The van der Waals surface area contributed by atoms with Gasteiger partial charge in [0.25, 0.3) is 11.5 Å². The molecule has 0 spiro atoms. The Bertz CT molecular complexity index is 1690. The lowest BCUT2D eigenvalue weighted by atomic mass is 9.91. The normalized spacial score (nSPS) is 14.4. The number of nitrogens with zero attached hydrogens (tertiary/aromatic N) is 3. The molecule has 9 nitrogen and oxygen atoms in total. The number of rotatable bonds is 7. The number of aromatic nitrogens is 2. The van der Waals surface area contributed by atoms with Crippen molar-refractivity contribution < 1.29 is 19.1 Å². The summed E-state index contributed by atoms with van der Waals surface area (Å²) in [5.74, 6) is 0.867. The number of ether oxygens (including phenoxy) is 2. The number of para-hydroxylation sites is 1. The largest absolute Gasteiger partial charge is 0.497 e. The zero-order valence-corrected chi connectivity index (χ0v) is 25.3. The number of methoxy groups -OCH3 is 2. The predicted molar refractivity (Wildman–Crippen MR) is 164 cm³/mol. The molecule has 0 unspecified atom stereocenters. The minimum atomic E-state index is -0.296. The molecule has 4 aromatic rings. The van der Waals surface area contributed by atoms with Crippen molar-refractivity contribution in [3.63, 3.8) is 0 Å². The minimum absolute atomic E-state index is 0.0649. The SMILES string of the molecule is COc1ccc(Cn2c(=O)c3c(OC)c(C(=O)NC4CCN(C(=O)CC(C)(C)C)CC4)n(C)c3c3ccccc32)cc1. The van der Waals surface area contributed by atoms with Crippen LogP contribution in [0, 0.1) is 5.41 Å². The number of benzene rings is 2. The first-order valence-electron chi connectivity index (χ1n) is 14.4. The number of nitrogens with one attached hydrogen (secondary N) is 1. The predicted octanol–water partition coefficient (Wildman–Crippen LogP) is 4.72. The molecule has 0 radical (unpaired) electrons. The third-order valence-electron chi connectivity index (χ3n) is 8.04. The zero-order chi connectivity index (χ0) is 30.2. The second-order valence-corrected chi connectivity index (χ2v) is 12.3. The molecule has 0 aliphatic carbocycles. The maximum Gasteiger partial charge on any atom is 0.272 e. The number of carbonyl (C=O) groups excluding carboxylic acids is 2. The zero-order valence-electron chi connectivity index (χ0n) is 25.3. The van der Waals surface area contributed by atoms with Crippen molar-refractivity contribution in [2.75, 3.05) is 27.3 Å². The van der Waals surface area contributed by atoms with Crippen molar-refractivity contribution >= 4 is 33.6 Å². The average molecular weight is 573 g/mol. The summed E-state index contributed by atoms with van der Waals surface area (Å²) in [5.41, 5.74) is 2.40. The van der Waals surface area contributed by atoms with Gasteiger partial charge in [-0.15, -0.1) is 0 Å². The molecule has 0 saturated carbocycles. The number of carbonyl (C=O) groups is 2. The van der Waals surface area contributed by atoms with Gasteiger partial charge in [0.1, 0.15) is 11.1 Å². The number of pyridine rings is 1. The second kappa shape index (κ2) is 11.5. The van der Waals surface area contributed by atoms with E-state index in [4.69, 9.17) is 9.47 Å². The summed E-state index contributed by atoms with van der Waals surface area (Å²) in [7, 11) is 4.91. The maximum absolute atomic E-state index is 14.1. The Morgan fingerprint density at radius 3 is 2.26 bits per heavy atom. The molecule has 222 valence electrons. The Hall–Kier alpha value is -4.27. The van der Waals surface area contributed by atoms with E-state index in [2.05, 4.69) is 26.1 Å². The van der Waals surface area contributed by atoms with Crippen LogP contribution in [-0.4, -0.2) is 59.2 Å². The molecule has 0 atom stereocenters. The van der Waals surface area contributed by atoms with Crippen LogP contribution in [0.2, 0.25) is 0 Å². The molecule has 1 N–H and O–H groups in total. The molecule has 0 bridgehead atoms. The molecule has 9 heteroatoms. The first-order chi connectivity index (χ1) is 20.0. The van der Waals surface area contributed by atoms with Gasteiger partial charge in [-0.05, 0) is 42.0 Å². The van der Waals surface area contributed by atoms with Gasteiger partial charge in [0.15, 0.2) is 11.4 Å². The van der Waals surface area contributed by atoms with E-state index in [-0.39, 0.29) is 34.6 Å². The summed E-state index contributed by atoms with van der Waals surface area (Å²) < 4.78 is 14.6. The average Bonchev–Trinajstić information content (AvgIpc) is 3.27. The molecular formula is C33H40N4O5. The van der Waals surface area contributed by atoms with Crippen LogP contribution < -0.4 is 20.3 Å². The van der Waals surface area contributed by atoms with Crippen molar-refractivity contribution in [1.82, 2.24) is 19.4 Å². The van der Waals surface area contributed by atoms with Crippen LogP contribution in [0.5, 0.6) is 11.5 Å². The fourth-order valence-electron chi connectivity index (χ4n) is 5.94. The van der Waals surface area contributed by atoms with Crippen molar-refractivity contribution in [1.29, 1.82) is 0 Å². The fraction of sp³-hybridized carbons (Fsp3) is 0.424. The van der Waals surface area contributed by atoms with E-state index in [1.165, 1.54) is 7.11 Å². The molecular weight excluding hydrogens is 532 g/mol. The molecule has 1 saturated heterocycles. The van der Waals surface area contributed by atoms with Gasteiger partial charge in [0.2, 0.25) is 5.91 Å². The van der Waals surface area contributed by atoms with E-state index in [9.17, 15) is 14.4 Å². The van der Waals surface area contributed by atoms with Crippen molar-refractivity contribution in [3.05, 3.63) is 70.1 Å². The number of hydrogen-bond acceptors (Lipinski definition) is 5. The molecule has 3 heterocycles. The number of amides is 2. The molecule has 5 rings (SSSR count). The molecule has 42 heavy (non-hydrogen) atoms. The van der Waals surface area contributed by atoms with Crippen LogP contribution in [0.1, 0.15) is 56.1 Å². The third kappa shape index (κ3) is 5.60. The summed E-state index contributed by atoms with van der Waals surface area (Å²) in [5, 5.41) is 4.38. The topological polar surface area (TPSA) is 94.8 Å². The molecule has 1 aliphatic heterocycles. The number of aryl methyl sites for hydroxylation is 1. The minimum Gasteiger partial charge on any atom is -0.497 e. The van der Waals surface area contributed by atoms with E-state index < -0.39 is 0 Å². The molecule has 2 amide bonds. The van der Waals surface area contributed by atoms with Gasteiger partial charge in [0, 0.05) is 38.0 Å². The summed E-state index contributed by atoms with van der Waals surface area (Å²) in [6.07, 6.45) is 1.85. The lowest BCUT2D eigenvalue weighted by Crippen LogP contribution is -2.47. The number of fused-ring (bicyclic) bond motifs is 3. The first kappa shape index (κ1) is 29.2. The van der Waals surface area contributed by atoms with E-state index in [1.807, 2.05) is 53.4 Å². The van der Waals surface area contributed by atoms with Crippen LogP contribution in [-0.2, 0) is 18.4 Å². The van der Waals surface area contributed by atoms with Crippen molar-refractivity contribution in [2.45, 2.75) is 52.6 Å². The van der Waals surface area contributed by atoms with E-state index in [0.717, 1.165) is 22.2 Å². The van der Waals surface area contributed by atoms with Gasteiger partial charge >= 0.3 is 0 Å². The lowest BCUT2D eigenvalue weighted by molar-refractivity contribution is -0.134. The smallest absolute Gasteiger partial charge is 0.272 e. The third-order valence-corrected chi connectivity index (χ3v) is 8.04. The summed E-state index contributed by atoms with van der Waals surface area (Å²) >= 11 is 0. The molecule has 2 aromatic carbocycles. The monoisotopic (exact) mass is 572 g/mol. The summed E-state index contributed by atoms with van der Waals surface area (Å²) in [4.78, 5) is 42.4. The van der Waals surface area contributed by atoms with Crippen LogP contribution in [0.15, 0.2) is 53.3 Å². The molecule has 1 aliphatic rings. The van der Waals surface area contributed by atoms with E-state index in [0.29, 0.717) is 55.5 Å². The van der Waals surface area contributed by atoms with Crippen LogP contribution in [0.3, 0.4) is 0 Å². The lowest BCUT2D eigenvalue weighted by Gasteiger charge is -2.34. The van der Waals surface area contributed by atoms with Gasteiger partial charge < -0.3 is 28.8 Å². The second-order valence-electron chi connectivity index (χ2n) is 12.3. The Morgan fingerprint density at radius 2 is 1.64 bits per heavy atom. The highest BCUT2D eigenvalue weighted by molar-refractivity contribution is 6.12. The Balaban J connectivity index is 1.48. The van der Waals surface area contributed by atoms with E-state index in [1.54, 1.807) is 23.3 Å². The van der Waals surface area contributed by atoms with Gasteiger partial charge in [-0.25, -0.2) is 0 Å². The Labute approximate surface area is 246 Å². The highest BCUT2D eigenvalue weighted by atomic mass is 16.5. The Kier molecular flexibility index (Phi) is 8.03. The highest BCUT2D eigenvalue weighted by Crippen LogP contribution is 2.35. The van der Waals surface area contributed by atoms with Gasteiger partial charge in [-0.3, -0.25) is 14.4 Å². The number of piperidine rings is 1. The van der Waals surface area contributed by atoms with Crippen molar-refractivity contribution in [2.24, 2.45) is 12.5 Å². The maximum atomic E-state index is 14.1. The van der Waals surface area contributed by atoms with Gasteiger partial charge in [-0.2, -0.15) is 0 Å².